The summed E-state index contributed by atoms with van der Waals surface area (Å²) in [7, 11) is 0. The summed E-state index contributed by atoms with van der Waals surface area (Å²) in [5.41, 5.74) is 2.18. The Kier molecular flexibility index (Phi) is 4.89. The van der Waals surface area contributed by atoms with E-state index in [0.717, 1.165) is 37.3 Å². The molecule has 8 nitrogen and oxygen atoms in total. The van der Waals surface area contributed by atoms with Crippen LogP contribution >= 0.6 is 0 Å². The molecule has 0 aromatic carbocycles. The number of rotatable bonds is 3. The second kappa shape index (κ2) is 7.48. The lowest BCUT2D eigenvalue weighted by Crippen LogP contribution is -2.53. The maximum absolute atomic E-state index is 13.2. The normalized spacial score (nSPS) is 20.1. The zero-order valence-electron chi connectivity index (χ0n) is 15.5. The van der Waals surface area contributed by atoms with Crippen molar-refractivity contribution in [2.45, 2.75) is 25.8 Å². The van der Waals surface area contributed by atoms with Gasteiger partial charge in [-0.1, -0.05) is 0 Å². The first kappa shape index (κ1) is 17.7. The van der Waals surface area contributed by atoms with Crippen LogP contribution in [0.1, 0.15) is 28.9 Å². The molecule has 0 saturated carbocycles. The molecule has 0 radical (unpaired) electrons. The lowest BCUT2D eigenvalue weighted by Gasteiger charge is -2.32. The summed E-state index contributed by atoms with van der Waals surface area (Å²) in [6, 6.07) is 3.33. The van der Waals surface area contributed by atoms with Gasteiger partial charge < -0.3 is 15.1 Å². The van der Waals surface area contributed by atoms with Crippen LogP contribution < -0.4 is 5.32 Å². The number of hydrogen-bond donors (Lipinski definition) is 1. The second-order valence-corrected chi connectivity index (χ2v) is 6.99. The fraction of sp³-hybridized carbons (Fsp3) is 0.474. The lowest BCUT2D eigenvalue weighted by atomic mass is 10.1. The molecule has 2 aromatic rings. The van der Waals surface area contributed by atoms with E-state index in [1.54, 1.807) is 28.2 Å². The van der Waals surface area contributed by atoms with E-state index in [1.165, 1.54) is 0 Å². The highest BCUT2D eigenvalue weighted by molar-refractivity contribution is 5.98. The molecule has 2 aromatic heterocycles. The number of likely N-dealkylation sites (tertiary alicyclic amines) is 1. The first-order valence-electron chi connectivity index (χ1n) is 9.42. The van der Waals surface area contributed by atoms with Crippen LogP contribution in [0.25, 0.3) is 5.69 Å². The molecular formula is C19H24N6O2. The van der Waals surface area contributed by atoms with Gasteiger partial charge in [0.2, 0.25) is 5.91 Å². The van der Waals surface area contributed by atoms with Gasteiger partial charge in [-0.15, -0.1) is 0 Å². The first-order chi connectivity index (χ1) is 13.2. The molecule has 0 unspecified atom stereocenters. The molecular weight excluding hydrogens is 344 g/mol. The van der Waals surface area contributed by atoms with Crippen molar-refractivity contribution in [1.82, 2.24) is 29.9 Å². The SMILES string of the molecule is Cc1c(C(=O)N2CCC[C@H]2C(=O)N2CCNCC2)cnn1-c1ccncc1. The minimum absolute atomic E-state index is 0.0709. The predicted molar refractivity (Wildman–Crippen MR) is 99.6 cm³/mol. The zero-order valence-corrected chi connectivity index (χ0v) is 15.5. The largest absolute Gasteiger partial charge is 0.338 e. The first-order valence-corrected chi connectivity index (χ1v) is 9.42. The van der Waals surface area contributed by atoms with E-state index in [1.807, 2.05) is 24.0 Å². The Morgan fingerprint density at radius 2 is 1.89 bits per heavy atom. The molecule has 0 spiro atoms. The average Bonchev–Trinajstić information content (AvgIpc) is 3.35. The van der Waals surface area contributed by atoms with Gasteiger partial charge in [-0.2, -0.15) is 5.10 Å². The van der Waals surface area contributed by atoms with E-state index >= 15 is 0 Å². The topological polar surface area (TPSA) is 83.4 Å². The molecule has 0 aliphatic carbocycles. The zero-order chi connectivity index (χ0) is 18.8. The molecule has 2 saturated heterocycles. The van der Waals surface area contributed by atoms with E-state index in [-0.39, 0.29) is 17.9 Å². The third-order valence-electron chi connectivity index (χ3n) is 5.37. The number of carbonyl (C=O) groups is 2. The van der Waals surface area contributed by atoms with Crippen LogP contribution in [-0.2, 0) is 4.79 Å². The molecule has 8 heteroatoms. The van der Waals surface area contributed by atoms with Crippen molar-refractivity contribution in [2.75, 3.05) is 32.7 Å². The second-order valence-electron chi connectivity index (χ2n) is 6.99. The van der Waals surface area contributed by atoms with Crippen LogP contribution in [0.3, 0.4) is 0 Å². The third kappa shape index (κ3) is 3.32. The lowest BCUT2D eigenvalue weighted by molar-refractivity contribution is -0.135. The molecule has 4 rings (SSSR count). The van der Waals surface area contributed by atoms with Gasteiger partial charge in [-0.3, -0.25) is 14.6 Å². The molecule has 0 bridgehead atoms. The Balaban J connectivity index is 1.55. The summed E-state index contributed by atoms with van der Waals surface area (Å²) in [5.74, 6) is -0.0414. The molecule has 2 aliphatic rings. The minimum atomic E-state index is -0.362. The van der Waals surface area contributed by atoms with Crippen LogP contribution in [0.5, 0.6) is 0 Å². The molecule has 2 fully saturated rings. The van der Waals surface area contributed by atoms with Gasteiger partial charge in [0.1, 0.15) is 6.04 Å². The van der Waals surface area contributed by atoms with Crippen molar-refractivity contribution >= 4 is 11.8 Å². The Morgan fingerprint density at radius 3 is 2.63 bits per heavy atom. The summed E-state index contributed by atoms with van der Waals surface area (Å²) in [4.78, 5) is 33.7. The van der Waals surface area contributed by atoms with Gasteiger partial charge in [-0.05, 0) is 31.9 Å². The summed E-state index contributed by atoms with van der Waals surface area (Å²) >= 11 is 0. The highest BCUT2D eigenvalue weighted by Gasteiger charge is 2.38. The Morgan fingerprint density at radius 1 is 1.15 bits per heavy atom. The van der Waals surface area contributed by atoms with Crippen LogP contribution in [0.15, 0.2) is 30.7 Å². The number of nitrogens with one attached hydrogen (secondary N) is 1. The van der Waals surface area contributed by atoms with Crippen molar-refractivity contribution in [3.8, 4) is 5.69 Å². The van der Waals surface area contributed by atoms with Crippen LogP contribution in [-0.4, -0.2) is 75.1 Å². The number of piperazine rings is 1. The molecule has 1 N–H and O–H groups in total. The number of carbonyl (C=O) groups excluding carboxylic acids is 2. The quantitative estimate of drug-likeness (QED) is 0.858. The van der Waals surface area contributed by atoms with Crippen molar-refractivity contribution in [1.29, 1.82) is 0 Å². The van der Waals surface area contributed by atoms with Crippen LogP contribution in [0.2, 0.25) is 0 Å². The number of nitrogens with zero attached hydrogens (tertiary/aromatic N) is 5. The van der Waals surface area contributed by atoms with Gasteiger partial charge in [-0.25, -0.2) is 4.68 Å². The third-order valence-corrected chi connectivity index (χ3v) is 5.37. The highest BCUT2D eigenvalue weighted by atomic mass is 16.2. The number of hydrogen-bond acceptors (Lipinski definition) is 5. The van der Waals surface area contributed by atoms with E-state index in [9.17, 15) is 9.59 Å². The summed E-state index contributed by atoms with van der Waals surface area (Å²) in [6.45, 7) is 5.52. The van der Waals surface area contributed by atoms with E-state index in [4.69, 9.17) is 0 Å². The molecule has 27 heavy (non-hydrogen) atoms. The predicted octanol–water partition coefficient (Wildman–Crippen LogP) is 0.612. The summed E-state index contributed by atoms with van der Waals surface area (Å²) < 4.78 is 1.73. The van der Waals surface area contributed by atoms with E-state index in [2.05, 4.69) is 15.4 Å². The van der Waals surface area contributed by atoms with E-state index in [0.29, 0.717) is 25.2 Å². The summed E-state index contributed by atoms with van der Waals surface area (Å²) in [5, 5.41) is 7.63. The molecule has 2 aliphatic heterocycles. The molecule has 2 amide bonds. The van der Waals surface area contributed by atoms with Crippen molar-refractivity contribution in [3.63, 3.8) is 0 Å². The molecule has 4 heterocycles. The highest BCUT2D eigenvalue weighted by Crippen LogP contribution is 2.24. The Hall–Kier alpha value is -2.74. The number of amides is 2. The standard InChI is InChI=1S/C19H24N6O2/c1-14-16(13-22-25(14)15-4-6-20-7-5-15)18(26)24-10-2-3-17(24)19(27)23-11-8-21-9-12-23/h4-7,13,17,21H,2-3,8-12H2,1H3/t17-/m0/s1. The Bertz CT molecular complexity index is 828. The minimum Gasteiger partial charge on any atom is -0.338 e. The number of pyridine rings is 1. The van der Waals surface area contributed by atoms with Crippen LogP contribution in [0.4, 0.5) is 0 Å². The summed E-state index contributed by atoms with van der Waals surface area (Å²) in [6.07, 6.45) is 6.57. The van der Waals surface area contributed by atoms with Crippen molar-refractivity contribution in [2.24, 2.45) is 0 Å². The maximum atomic E-state index is 13.2. The van der Waals surface area contributed by atoms with Crippen molar-refractivity contribution < 1.29 is 9.59 Å². The van der Waals surface area contributed by atoms with Gasteiger partial charge in [0, 0.05) is 45.1 Å². The van der Waals surface area contributed by atoms with Gasteiger partial charge in [0.25, 0.3) is 5.91 Å². The van der Waals surface area contributed by atoms with Gasteiger partial charge >= 0.3 is 0 Å². The monoisotopic (exact) mass is 368 g/mol. The average molecular weight is 368 g/mol. The van der Waals surface area contributed by atoms with Crippen molar-refractivity contribution in [3.05, 3.63) is 42.0 Å². The smallest absolute Gasteiger partial charge is 0.258 e. The van der Waals surface area contributed by atoms with Crippen LogP contribution in [0, 0.1) is 6.92 Å². The maximum Gasteiger partial charge on any atom is 0.258 e. The fourth-order valence-corrected chi connectivity index (χ4v) is 3.88. The fourth-order valence-electron chi connectivity index (χ4n) is 3.88. The Labute approximate surface area is 158 Å². The molecule has 142 valence electrons. The van der Waals surface area contributed by atoms with E-state index < -0.39 is 0 Å². The van der Waals surface area contributed by atoms with Gasteiger partial charge in [0.15, 0.2) is 0 Å². The molecule has 1 atom stereocenters. The number of aromatic nitrogens is 3. The van der Waals surface area contributed by atoms with Gasteiger partial charge in [0.05, 0.1) is 23.1 Å².